The Bertz CT molecular complexity index is 498. The van der Waals surface area contributed by atoms with E-state index in [1.54, 1.807) is 6.20 Å². The molecule has 1 N–H and O–H groups in total. The minimum Gasteiger partial charge on any atom is -0.520 e. The summed E-state index contributed by atoms with van der Waals surface area (Å²) in [6.45, 7) is 27.5. The van der Waals surface area contributed by atoms with Gasteiger partial charge in [0.25, 0.3) is 0 Å². The number of hydrogen-bond donors (Lipinski definition) is 1. The van der Waals surface area contributed by atoms with Crippen LogP contribution in [0.3, 0.4) is 0 Å². The summed E-state index contributed by atoms with van der Waals surface area (Å²) in [5.74, 6) is 0. The van der Waals surface area contributed by atoms with Gasteiger partial charge in [-0.3, -0.25) is 17.1 Å². The number of nitrogens with one attached hydrogen (secondary N) is 1. The molecule has 2 aliphatic heterocycles. The first-order chi connectivity index (χ1) is 14.7. The molecule has 0 bridgehead atoms. The predicted molar refractivity (Wildman–Crippen MR) is 135 cm³/mol. The molecule has 0 unspecified atom stereocenters. The predicted octanol–water partition coefficient (Wildman–Crippen LogP) is 7.39. The molecular formula is C28H36N2Y3-6. The molecule has 0 atom stereocenters. The van der Waals surface area contributed by atoms with E-state index in [1.165, 1.54) is 30.4 Å². The van der Waals surface area contributed by atoms with Crippen LogP contribution in [0.4, 0.5) is 0 Å². The zero-order valence-corrected chi connectivity index (χ0v) is 28.3. The van der Waals surface area contributed by atoms with Crippen LogP contribution in [-0.2, 0) is 98.1 Å². The van der Waals surface area contributed by atoms with Gasteiger partial charge >= 0.3 is 0 Å². The molecule has 3 aliphatic rings. The van der Waals surface area contributed by atoms with E-state index >= 15 is 0 Å². The summed E-state index contributed by atoms with van der Waals surface area (Å²) in [7, 11) is 0. The quantitative estimate of drug-likeness (QED) is 0.189. The average molecular weight is 667 g/mol. The van der Waals surface area contributed by atoms with E-state index in [0.717, 1.165) is 32.1 Å². The molecule has 0 saturated heterocycles. The molecule has 2 heterocycles. The van der Waals surface area contributed by atoms with E-state index in [-0.39, 0.29) is 98.1 Å². The van der Waals surface area contributed by atoms with Gasteiger partial charge in [-0.1, -0.05) is 49.0 Å². The fourth-order valence-corrected chi connectivity index (χ4v) is 1.33. The number of allylic oxidation sites excluding steroid dienone is 12. The third kappa shape index (κ3) is 65.3. The van der Waals surface area contributed by atoms with Crippen molar-refractivity contribution in [3.8, 4) is 0 Å². The second-order valence-corrected chi connectivity index (χ2v) is 5.19. The fourth-order valence-electron chi connectivity index (χ4n) is 1.33. The molecule has 0 amide bonds. The summed E-state index contributed by atoms with van der Waals surface area (Å²) in [4.78, 5) is 3.78. The van der Waals surface area contributed by atoms with Gasteiger partial charge in [-0.05, 0) is 31.7 Å². The Kier molecular flexibility index (Phi) is 75.4. The molecule has 0 aromatic carbocycles. The van der Waals surface area contributed by atoms with Crippen molar-refractivity contribution >= 4 is 6.21 Å². The molecule has 5 heteroatoms. The first-order valence-corrected chi connectivity index (χ1v) is 9.75. The Morgan fingerprint density at radius 1 is 0.667 bits per heavy atom. The van der Waals surface area contributed by atoms with Gasteiger partial charge in [0, 0.05) is 117 Å². The van der Waals surface area contributed by atoms with Crippen molar-refractivity contribution in [1.82, 2.24) is 5.32 Å². The Morgan fingerprint density at radius 3 is 1.18 bits per heavy atom. The monoisotopic (exact) mass is 667 g/mol. The van der Waals surface area contributed by atoms with Gasteiger partial charge in [0.15, 0.2) is 0 Å². The SMILES string of the molecule is C1=CCC=CC1.C1=CN=CC1.C1=CNC=CC1.[CH-]=CC=[CH-].[CH-]=CCC=[CH-].[CH-]=CC[CH2-].[Y].[Y].[Y]. The van der Waals surface area contributed by atoms with Gasteiger partial charge in [0.1, 0.15) is 0 Å². The zero-order chi connectivity index (χ0) is 23.0. The molecule has 3 rings (SSSR count). The van der Waals surface area contributed by atoms with Crippen LogP contribution in [0.1, 0.15) is 38.5 Å². The Hall–Kier alpha value is 0.182. The van der Waals surface area contributed by atoms with Crippen LogP contribution >= 0.6 is 0 Å². The van der Waals surface area contributed by atoms with E-state index in [4.69, 9.17) is 32.9 Å². The van der Waals surface area contributed by atoms with E-state index in [1.807, 2.05) is 24.7 Å². The maximum Gasteiger partial charge on any atom is 0.0227 e. The van der Waals surface area contributed by atoms with Gasteiger partial charge in [-0.25, -0.2) is 0 Å². The third-order valence-corrected chi connectivity index (χ3v) is 2.67. The molecule has 3 radical (unpaired) electrons. The van der Waals surface area contributed by atoms with Crippen molar-refractivity contribution in [3.63, 3.8) is 0 Å². The van der Waals surface area contributed by atoms with Crippen LogP contribution in [0.2, 0.25) is 0 Å². The Balaban J connectivity index is -0.0000000657. The van der Waals surface area contributed by atoms with Crippen LogP contribution in [0.25, 0.3) is 0 Å². The molecule has 0 saturated carbocycles. The fraction of sp³-hybridized carbons (Fsp3) is 0.214. The summed E-state index contributed by atoms with van der Waals surface area (Å²) in [6, 6.07) is 0. The second kappa shape index (κ2) is 53.5. The maximum absolute atomic E-state index is 4.90. The van der Waals surface area contributed by atoms with Crippen LogP contribution in [0, 0.1) is 39.8 Å². The maximum atomic E-state index is 4.90. The minimum atomic E-state index is 0. The molecule has 173 valence electrons. The van der Waals surface area contributed by atoms with Gasteiger partial charge in [0.05, 0.1) is 0 Å². The molecule has 0 aromatic rings. The molecule has 0 spiro atoms. The first kappa shape index (κ1) is 46.5. The second-order valence-electron chi connectivity index (χ2n) is 5.19. The van der Waals surface area contributed by atoms with E-state index in [9.17, 15) is 0 Å². The zero-order valence-electron chi connectivity index (χ0n) is 19.8. The number of dihydropyridines is 1. The molecular weight excluding hydrogens is 631 g/mol. The van der Waals surface area contributed by atoms with Crippen LogP contribution < -0.4 is 5.32 Å². The largest absolute Gasteiger partial charge is 0.520 e. The van der Waals surface area contributed by atoms with Gasteiger partial charge in [-0.15, -0.1) is 0 Å². The van der Waals surface area contributed by atoms with Crippen LogP contribution in [0.15, 0.2) is 96.5 Å². The number of hydrogen-bond acceptors (Lipinski definition) is 2. The minimum absolute atomic E-state index is 0. The van der Waals surface area contributed by atoms with E-state index < -0.39 is 0 Å². The van der Waals surface area contributed by atoms with Gasteiger partial charge in [-0.2, -0.15) is 6.42 Å². The Morgan fingerprint density at radius 2 is 1.09 bits per heavy atom. The number of rotatable bonds is 4. The van der Waals surface area contributed by atoms with Crippen molar-refractivity contribution in [2.75, 3.05) is 0 Å². The van der Waals surface area contributed by atoms with Crippen LogP contribution in [-0.4, -0.2) is 6.21 Å². The summed E-state index contributed by atoms with van der Waals surface area (Å²) in [5.41, 5.74) is 0. The van der Waals surface area contributed by atoms with E-state index in [0.29, 0.717) is 6.42 Å². The summed E-state index contributed by atoms with van der Waals surface area (Å²) in [5, 5.41) is 2.92. The van der Waals surface area contributed by atoms with Gasteiger partial charge < -0.3 is 63.4 Å². The topological polar surface area (TPSA) is 24.4 Å². The van der Waals surface area contributed by atoms with Crippen molar-refractivity contribution in [1.29, 1.82) is 0 Å². The van der Waals surface area contributed by atoms with Crippen molar-refractivity contribution in [3.05, 3.63) is 131 Å². The summed E-state index contributed by atoms with van der Waals surface area (Å²) >= 11 is 0. The number of nitrogens with zero attached hydrogens (tertiary/aromatic N) is 1. The normalized spacial score (nSPS) is 11.5. The third-order valence-electron chi connectivity index (χ3n) is 2.67. The van der Waals surface area contributed by atoms with Crippen molar-refractivity contribution in [2.45, 2.75) is 38.5 Å². The standard InChI is InChI=1S/C6H8.C5H7N.C5H6.C4H5N.C4H6.C4H4.3Y/c2*1-2-4-6-5-3-1;1-3-5-4-2;1-2-4-5-3-1;2*1-3-4-2;;;/h1-2,5-6H,3-4H2;2-6H,1H2;1-4H,5H2;1,3-4H,2H2;1,3H,2,4H2;1-4H;;;/q;;-2;;2*-2;;;. The molecule has 1 aliphatic carbocycles. The number of aliphatic imine (C=N–C) groups is 1. The molecule has 0 fully saturated rings. The van der Waals surface area contributed by atoms with Crippen molar-refractivity contribution in [2.24, 2.45) is 4.99 Å². The average Bonchev–Trinajstić information content (AvgIpc) is 3.43. The Labute approximate surface area is 280 Å². The molecule has 33 heavy (non-hydrogen) atoms. The molecule has 2 nitrogen and oxygen atoms in total. The summed E-state index contributed by atoms with van der Waals surface area (Å²) < 4.78 is 0. The van der Waals surface area contributed by atoms with E-state index in [2.05, 4.69) is 53.7 Å². The smallest absolute Gasteiger partial charge is 0.0227 e. The van der Waals surface area contributed by atoms with Crippen LogP contribution in [0.5, 0.6) is 0 Å². The summed E-state index contributed by atoms with van der Waals surface area (Å²) in [6.07, 6.45) is 35.3. The molecule has 0 aromatic heterocycles. The van der Waals surface area contributed by atoms with Crippen molar-refractivity contribution < 1.29 is 98.1 Å². The van der Waals surface area contributed by atoms with Gasteiger partial charge in [0.2, 0.25) is 0 Å². The first-order valence-electron chi connectivity index (χ1n) is 9.75.